The van der Waals surface area contributed by atoms with E-state index in [1.54, 1.807) is 0 Å². The maximum absolute atomic E-state index is 11.3. The average molecular weight is 245 g/mol. The predicted octanol–water partition coefficient (Wildman–Crippen LogP) is 1.73. The number of urea groups is 1. The average Bonchev–Trinajstić information content (AvgIpc) is 2.15. The Labute approximate surface area is 100 Å². The Morgan fingerprint density at radius 1 is 1.38 bits per heavy atom. The van der Waals surface area contributed by atoms with Gasteiger partial charge in [0.25, 0.3) is 0 Å². The van der Waals surface area contributed by atoms with E-state index in [-0.39, 0.29) is 23.4 Å². The summed E-state index contributed by atoms with van der Waals surface area (Å²) in [5, 5.41) is 15.4. The van der Waals surface area contributed by atoms with Crippen molar-refractivity contribution in [2.75, 3.05) is 6.67 Å². The van der Waals surface area contributed by atoms with Crippen LogP contribution in [0.2, 0.25) is 0 Å². The number of halogens is 1. The van der Waals surface area contributed by atoms with E-state index < -0.39 is 6.03 Å². The molecule has 0 aliphatic rings. The highest BCUT2D eigenvalue weighted by Gasteiger charge is 2.09. The van der Waals surface area contributed by atoms with E-state index in [0.717, 1.165) is 0 Å². The van der Waals surface area contributed by atoms with Crippen LogP contribution in [0.25, 0.3) is 0 Å². The summed E-state index contributed by atoms with van der Waals surface area (Å²) in [6, 6.07) is -0.444. The minimum Gasteiger partial charge on any atom is -0.359 e. The molecule has 6 heteroatoms. The zero-order valence-electron chi connectivity index (χ0n) is 9.48. The van der Waals surface area contributed by atoms with Crippen LogP contribution in [0.15, 0.2) is 24.0 Å². The number of allylic oxidation sites excluding steroid dienone is 1. The Morgan fingerprint density at radius 2 is 1.94 bits per heavy atom. The number of nitrogens with one attached hydrogen (secondary N) is 4. The van der Waals surface area contributed by atoms with Crippen molar-refractivity contribution in [2.45, 2.75) is 13.8 Å². The van der Waals surface area contributed by atoms with E-state index in [4.69, 9.17) is 17.0 Å². The van der Waals surface area contributed by atoms with Gasteiger partial charge >= 0.3 is 6.03 Å². The highest BCUT2D eigenvalue weighted by Crippen LogP contribution is 2.00. The van der Waals surface area contributed by atoms with Crippen LogP contribution in [0.3, 0.4) is 0 Å². The molecule has 0 atom stereocenters. The van der Waals surface area contributed by atoms with Gasteiger partial charge in [0.1, 0.15) is 0 Å². The van der Waals surface area contributed by atoms with Crippen molar-refractivity contribution in [1.29, 1.82) is 5.41 Å². The Kier molecular flexibility index (Phi) is 6.25. The molecule has 0 aromatic carbocycles. The molecule has 0 aromatic rings. The first-order valence-electron chi connectivity index (χ1n) is 4.75. The molecule has 0 bridgehead atoms. The number of hydrogen-bond acceptors (Lipinski definition) is 3. The molecule has 0 unspecified atom stereocenters. The van der Waals surface area contributed by atoms with Crippen molar-refractivity contribution in [3.63, 3.8) is 0 Å². The smallest absolute Gasteiger partial charge is 0.320 e. The molecule has 0 rings (SSSR count). The summed E-state index contributed by atoms with van der Waals surface area (Å²) in [5.41, 5.74) is 0.585. The molecular weight excluding hydrogens is 228 g/mol. The molecule has 0 saturated carbocycles. The molecule has 0 heterocycles. The summed E-state index contributed by atoms with van der Waals surface area (Å²) in [7, 11) is 0. The largest absolute Gasteiger partial charge is 0.359 e. The van der Waals surface area contributed by atoms with E-state index in [1.165, 1.54) is 0 Å². The summed E-state index contributed by atoms with van der Waals surface area (Å²) in [6.07, 6.45) is 0. The van der Waals surface area contributed by atoms with Gasteiger partial charge in [-0.25, -0.2) is 4.79 Å². The zero-order valence-corrected chi connectivity index (χ0v) is 10.2. The van der Waals surface area contributed by atoms with Gasteiger partial charge in [-0.1, -0.05) is 38.6 Å². The first-order chi connectivity index (χ1) is 7.34. The van der Waals surface area contributed by atoms with Crippen LogP contribution in [-0.2, 0) is 0 Å². The van der Waals surface area contributed by atoms with Crippen molar-refractivity contribution in [1.82, 2.24) is 16.0 Å². The molecule has 0 spiro atoms. The fourth-order valence-corrected chi connectivity index (χ4v) is 0.884. The summed E-state index contributed by atoms with van der Waals surface area (Å²) >= 11 is 5.43. The summed E-state index contributed by atoms with van der Waals surface area (Å²) in [6.45, 7) is 10.9. The van der Waals surface area contributed by atoms with Crippen LogP contribution < -0.4 is 16.0 Å². The van der Waals surface area contributed by atoms with Crippen molar-refractivity contribution in [3.05, 3.63) is 24.0 Å². The maximum atomic E-state index is 11.3. The first kappa shape index (κ1) is 14.5. The Hall–Kier alpha value is -1.49. The topological polar surface area (TPSA) is 77.0 Å². The fourth-order valence-electron chi connectivity index (χ4n) is 0.817. The molecule has 0 fully saturated rings. The van der Waals surface area contributed by atoms with Crippen LogP contribution in [0, 0.1) is 11.3 Å². The van der Waals surface area contributed by atoms with E-state index >= 15 is 0 Å². The van der Waals surface area contributed by atoms with E-state index in [0.29, 0.717) is 5.71 Å². The van der Waals surface area contributed by atoms with E-state index in [9.17, 15) is 4.79 Å². The second-order valence-electron chi connectivity index (χ2n) is 3.44. The van der Waals surface area contributed by atoms with Gasteiger partial charge in [-0.05, 0) is 5.92 Å². The molecule has 0 aliphatic carbocycles. The van der Waals surface area contributed by atoms with Gasteiger partial charge in [-0.15, -0.1) is 0 Å². The minimum atomic E-state index is -0.444. The summed E-state index contributed by atoms with van der Waals surface area (Å²) < 4.78 is 0. The van der Waals surface area contributed by atoms with Crippen LogP contribution in [0.1, 0.15) is 13.8 Å². The Balaban J connectivity index is 3.92. The third kappa shape index (κ3) is 6.08. The lowest BCUT2D eigenvalue weighted by molar-refractivity contribution is 0.243. The second kappa shape index (κ2) is 6.90. The quantitative estimate of drug-likeness (QED) is 0.326. The number of carbonyl (C=O) groups excluding carboxylic acids is 1. The lowest BCUT2D eigenvalue weighted by atomic mass is 10.1. The lowest BCUT2D eigenvalue weighted by Crippen LogP contribution is -2.41. The molecule has 4 N–H and O–H groups in total. The van der Waals surface area contributed by atoms with Crippen LogP contribution in [0.5, 0.6) is 0 Å². The predicted molar refractivity (Wildman–Crippen MR) is 66.4 cm³/mol. The molecule has 0 aromatic heterocycles. The lowest BCUT2D eigenvalue weighted by Gasteiger charge is -2.13. The number of carbonyl (C=O) groups is 1. The Bertz CT molecular complexity index is 312. The van der Waals surface area contributed by atoms with Crippen molar-refractivity contribution >= 4 is 23.3 Å². The van der Waals surface area contributed by atoms with Crippen molar-refractivity contribution in [3.8, 4) is 0 Å². The van der Waals surface area contributed by atoms with Gasteiger partial charge in [-0.2, -0.15) is 0 Å². The summed E-state index contributed by atoms with van der Waals surface area (Å²) in [5.74, 6) is 0.0218. The third-order valence-electron chi connectivity index (χ3n) is 1.70. The second-order valence-corrected chi connectivity index (χ2v) is 3.89. The van der Waals surface area contributed by atoms with Gasteiger partial charge in [0.05, 0.1) is 23.2 Å². The normalized spacial score (nSPS) is 9.50. The molecule has 5 nitrogen and oxygen atoms in total. The molecular formula is C10H17ClN4O. The molecule has 0 aliphatic heterocycles. The summed E-state index contributed by atoms with van der Waals surface area (Å²) in [4.78, 5) is 11.3. The highest BCUT2D eigenvalue weighted by atomic mass is 35.5. The van der Waals surface area contributed by atoms with Crippen molar-refractivity contribution in [2.24, 2.45) is 5.92 Å². The zero-order chi connectivity index (χ0) is 12.7. The Morgan fingerprint density at radius 3 is 2.38 bits per heavy atom. The standard InChI is InChI=1S/C10H17ClN4O/c1-6(2)9(12)7(3)15-10(16)14-5-13-8(4)11/h6,12-13H,3-5H2,1-2H3,(H2,14,15,16). The number of hydrogen-bond donors (Lipinski definition) is 4. The maximum Gasteiger partial charge on any atom is 0.320 e. The minimum absolute atomic E-state index is 0.0218. The highest BCUT2D eigenvalue weighted by molar-refractivity contribution is 6.28. The number of rotatable bonds is 6. The van der Waals surface area contributed by atoms with Gasteiger partial charge in [-0.3, -0.25) is 0 Å². The fraction of sp³-hybridized carbons (Fsp3) is 0.400. The van der Waals surface area contributed by atoms with Crippen molar-refractivity contribution < 1.29 is 4.79 Å². The first-order valence-corrected chi connectivity index (χ1v) is 5.13. The van der Waals surface area contributed by atoms with Crippen LogP contribution in [0.4, 0.5) is 4.79 Å². The third-order valence-corrected chi connectivity index (χ3v) is 1.83. The van der Waals surface area contributed by atoms with E-state index in [2.05, 4.69) is 29.1 Å². The molecule has 2 amide bonds. The van der Waals surface area contributed by atoms with Crippen LogP contribution in [-0.4, -0.2) is 18.4 Å². The van der Waals surface area contributed by atoms with Gasteiger partial charge in [0.2, 0.25) is 0 Å². The monoisotopic (exact) mass is 244 g/mol. The van der Waals surface area contributed by atoms with Crippen LogP contribution >= 0.6 is 11.6 Å². The molecule has 0 saturated heterocycles. The van der Waals surface area contributed by atoms with Gasteiger partial charge in [0, 0.05) is 0 Å². The molecule has 0 radical (unpaired) electrons. The SMILES string of the molecule is C=C(Cl)NCNC(=O)NC(=C)C(=N)C(C)C. The number of amides is 2. The van der Waals surface area contributed by atoms with Gasteiger partial charge < -0.3 is 21.4 Å². The molecule has 90 valence electrons. The molecule has 16 heavy (non-hydrogen) atoms. The van der Waals surface area contributed by atoms with E-state index in [1.807, 2.05) is 13.8 Å². The van der Waals surface area contributed by atoms with Gasteiger partial charge in [0.15, 0.2) is 0 Å².